The van der Waals surface area contributed by atoms with Crippen molar-refractivity contribution in [2.75, 3.05) is 0 Å². The van der Waals surface area contributed by atoms with Gasteiger partial charge in [-0.3, -0.25) is 0 Å². The van der Waals surface area contributed by atoms with Crippen molar-refractivity contribution in [3.05, 3.63) is 22.2 Å². The minimum Gasteiger partial charge on any atom is -0.326 e. The van der Waals surface area contributed by atoms with Gasteiger partial charge in [-0.25, -0.2) is 0 Å². The van der Waals surface area contributed by atoms with Crippen LogP contribution in [0.3, 0.4) is 0 Å². The summed E-state index contributed by atoms with van der Waals surface area (Å²) < 4.78 is 30.6. The molecule has 3 N–H and O–H groups in total. The number of benzene rings is 1. The van der Waals surface area contributed by atoms with E-state index in [4.69, 9.17) is 25.9 Å². The first-order valence-electron chi connectivity index (χ1n) is 4.00. The van der Waals surface area contributed by atoms with E-state index in [9.17, 15) is 0 Å². The standard InChI is InChI=1S/C8H9NO3S3/c1-9-6-3-2-5(15(10,11)12)4-7(6)14-8(9)13/h2-4,10-12H,1H3. The fourth-order valence-corrected chi connectivity index (χ4v) is 3.17. The molecule has 82 valence electrons. The van der Waals surface area contributed by atoms with Crippen LogP contribution in [-0.2, 0) is 7.05 Å². The number of aromatic nitrogens is 1. The van der Waals surface area contributed by atoms with Crippen LogP contribution in [0.2, 0.25) is 0 Å². The van der Waals surface area contributed by atoms with Crippen LogP contribution in [0.1, 0.15) is 0 Å². The zero-order valence-electron chi connectivity index (χ0n) is 7.75. The fourth-order valence-electron chi connectivity index (χ4n) is 1.28. The van der Waals surface area contributed by atoms with Gasteiger partial charge in [-0.05, 0) is 30.4 Å². The molecule has 2 aromatic rings. The minimum absolute atomic E-state index is 0.117. The highest BCUT2D eigenvalue weighted by atomic mass is 32.3. The Morgan fingerprint density at radius 2 is 2.00 bits per heavy atom. The van der Waals surface area contributed by atoms with E-state index < -0.39 is 10.9 Å². The van der Waals surface area contributed by atoms with Crippen LogP contribution in [0.4, 0.5) is 0 Å². The highest BCUT2D eigenvalue weighted by Crippen LogP contribution is 2.44. The van der Waals surface area contributed by atoms with E-state index in [2.05, 4.69) is 0 Å². The molecule has 0 spiro atoms. The predicted molar refractivity (Wildman–Crippen MR) is 65.4 cm³/mol. The van der Waals surface area contributed by atoms with Crippen LogP contribution in [-0.4, -0.2) is 18.2 Å². The molecule has 2 rings (SSSR count). The van der Waals surface area contributed by atoms with Crippen molar-refractivity contribution >= 4 is 44.6 Å². The molecule has 0 radical (unpaired) electrons. The number of hydrogen-bond donors (Lipinski definition) is 3. The summed E-state index contributed by atoms with van der Waals surface area (Å²) in [7, 11) is -1.79. The summed E-state index contributed by atoms with van der Waals surface area (Å²) in [6.07, 6.45) is 0. The lowest BCUT2D eigenvalue weighted by molar-refractivity contribution is 0.376. The Morgan fingerprint density at radius 1 is 1.33 bits per heavy atom. The van der Waals surface area contributed by atoms with Crippen molar-refractivity contribution in [2.24, 2.45) is 7.05 Å². The first-order valence-corrected chi connectivity index (χ1v) is 6.73. The molecule has 1 aromatic carbocycles. The van der Waals surface area contributed by atoms with Gasteiger partial charge in [0.1, 0.15) is 10.9 Å². The van der Waals surface area contributed by atoms with Gasteiger partial charge in [-0.15, -0.1) is 11.3 Å². The van der Waals surface area contributed by atoms with E-state index in [-0.39, 0.29) is 4.90 Å². The highest BCUT2D eigenvalue weighted by Gasteiger charge is 2.16. The van der Waals surface area contributed by atoms with Gasteiger partial charge in [0, 0.05) is 7.05 Å². The number of thiazole rings is 1. The van der Waals surface area contributed by atoms with Crippen molar-refractivity contribution in [3.8, 4) is 0 Å². The molecule has 0 amide bonds. The Morgan fingerprint density at radius 3 is 2.60 bits per heavy atom. The first-order chi connectivity index (χ1) is 6.89. The second kappa shape index (κ2) is 3.55. The Hall–Kier alpha value is -0.440. The molecule has 0 aliphatic heterocycles. The van der Waals surface area contributed by atoms with Gasteiger partial charge in [0.05, 0.1) is 15.1 Å². The van der Waals surface area contributed by atoms with Crippen LogP contribution in [0.25, 0.3) is 10.2 Å². The molecule has 0 aliphatic rings. The zero-order chi connectivity index (χ0) is 11.2. The number of nitrogens with zero attached hydrogens (tertiary/aromatic N) is 1. The third kappa shape index (κ3) is 1.94. The summed E-state index contributed by atoms with van der Waals surface area (Å²) in [4.78, 5) is 0.117. The molecule has 0 fully saturated rings. The number of rotatable bonds is 1. The zero-order valence-corrected chi connectivity index (χ0v) is 10.2. The van der Waals surface area contributed by atoms with Crippen LogP contribution < -0.4 is 0 Å². The van der Waals surface area contributed by atoms with Gasteiger partial charge in [0.25, 0.3) is 0 Å². The Labute approximate surface area is 97.0 Å². The second-order valence-corrected chi connectivity index (χ2v) is 6.26. The number of hydrogen-bond acceptors (Lipinski definition) is 5. The van der Waals surface area contributed by atoms with Crippen molar-refractivity contribution in [1.29, 1.82) is 0 Å². The average molecular weight is 263 g/mol. The van der Waals surface area contributed by atoms with Gasteiger partial charge in [0.15, 0.2) is 3.95 Å². The van der Waals surface area contributed by atoms with E-state index in [0.717, 1.165) is 10.2 Å². The van der Waals surface area contributed by atoms with E-state index in [1.54, 1.807) is 12.1 Å². The smallest absolute Gasteiger partial charge is 0.161 e. The molecule has 15 heavy (non-hydrogen) atoms. The lowest BCUT2D eigenvalue weighted by atomic mass is 10.3. The van der Waals surface area contributed by atoms with Crippen molar-refractivity contribution in [2.45, 2.75) is 4.90 Å². The third-order valence-electron chi connectivity index (χ3n) is 2.08. The van der Waals surface area contributed by atoms with E-state index in [1.165, 1.54) is 17.4 Å². The molecular formula is C8H9NO3S3. The summed E-state index contributed by atoms with van der Waals surface area (Å²) in [6, 6.07) is 4.74. The summed E-state index contributed by atoms with van der Waals surface area (Å²) in [5.41, 5.74) is 0.914. The molecule has 7 heteroatoms. The number of aryl methyl sites for hydroxylation is 1. The van der Waals surface area contributed by atoms with Gasteiger partial charge in [-0.1, -0.05) is 0 Å². The molecule has 1 heterocycles. The fraction of sp³-hybridized carbons (Fsp3) is 0.125. The summed E-state index contributed by atoms with van der Waals surface area (Å²) in [5.74, 6) is 0. The molecule has 0 atom stereocenters. The summed E-state index contributed by atoms with van der Waals surface area (Å²) >= 11 is 6.46. The quantitative estimate of drug-likeness (QED) is 0.688. The van der Waals surface area contributed by atoms with Gasteiger partial charge in [0.2, 0.25) is 0 Å². The monoisotopic (exact) mass is 263 g/mol. The first kappa shape index (κ1) is 11.1. The Bertz CT molecular complexity index is 566. The van der Waals surface area contributed by atoms with E-state index in [1.807, 2.05) is 11.6 Å². The molecule has 0 unspecified atom stereocenters. The SMILES string of the molecule is Cn1c(=S)sc2cc(S(O)(O)O)ccc21. The predicted octanol–water partition coefficient (Wildman–Crippen LogP) is 3.55. The van der Waals surface area contributed by atoms with Crippen LogP contribution in [0.15, 0.2) is 23.1 Å². The topological polar surface area (TPSA) is 65.6 Å². The maximum absolute atomic E-state index is 9.09. The second-order valence-electron chi connectivity index (χ2n) is 3.08. The van der Waals surface area contributed by atoms with Crippen molar-refractivity contribution in [3.63, 3.8) is 0 Å². The molecular weight excluding hydrogens is 254 g/mol. The normalized spacial score (nSPS) is 13.3. The Kier molecular flexibility index (Phi) is 2.61. The lowest BCUT2D eigenvalue weighted by Crippen LogP contribution is -1.95. The van der Waals surface area contributed by atoms with Crippen LogP contribution in [0, 0.1) is 3.95 Å². The van der Waals surface area contributed by atoms with E-state index >= 15 is 0 Å². The largest absolute Gasteiger partial charge is 0.326 e. The van der Waals surface area contributed by atoms with Crippen molar-refractivity contribution in [1.82, 2.24) is 4.57 Å². The van der Waals surface area contributed by atoms with E-state index in [0.29, 0.717) is 3.95 Å². The Balaban J connectivity index is 2.73. The molecule has 0 aliphatic carbocycles. The number of fused-ring (bicyclic) bond motifs is 1. The summed E-state index contributed by atoms with van der Waals surface area (Å²) in [6.45, 7) is 0. The molecule has 1 aromatic heterocycles. The highest BCUT2D eigenvalue weighted by molar-refractivity contribution is 8.19. The molecule has 0 saturated carbocycles. The van der Waals surface area contributed by atoms with Crippen LogP contribution in [0.5, 0.6) is 0 Å². The molecule has 0 saturated heterocycles. The van der Waals surface area contributed by atoms with Gasteiger partial charge >= 0.3 is 0 Å². The third-order valence-corrected chi connectivity index (χ3v) is 4.49. The summed E-state index contributed by atoms with van der Waals surface area (Å²) in [5, 5.41) is 0. The maximum atomic E-state index is 9.09. The average Bonchev–Trinajstić information content (AvgIpc) is 2.41. The molecule has 4 nitrogen and oxygen atoms in total. The lowest BCUT2D eigenvalue weighted by Gasteiger charge is -2.18. The molecule has 0 bridgehead atoms. The maximum Gasteiger partial charge on any atom is 0.161 e. The van der Waals surface area contributed by atoms with Gasteiger partial charge < -0.3 is 18.2 Å². The van der Waals surface area contributed by atoms with Crippen LogP contribution >= 0.6 is 34.4 Å². The van der Waals surface area contributed by atoms with Gasteiger partial charge in [-0.2, -0.15) is 0 Å². The minimum atomic E-state index is -3.63. The van der Waals surface area contributed by atoms with Crippen molar-refractivity contribution < 1.29 is 13.7 Å².